The smallest absolute Gasteiger partial charge is 0.155 e. The van der Waals surface area contributed by atoms with E-state index in [4.69, 9.17) is 0 Å². The summed E-state index contributed by atoms with van der Waals surface area (Å²) >= 11 is 0. The van der Waals surface area contributed by atoms with Gasteiger partial charge in [0.15, 0.2) is 5.78 Å². The van der Waals surface area contributed by atoms with Crippen LogP contribution in [0.1, 0.15) is 52.4 Å². The summed E-state index contributed by atoms with van der Waals surface area (Å²) in [5.74, 6) is 0.272. The summed E-state index contributed by atoms with van der Waals surface area (Å²) in [6, 6.07) is 0. The highest BCUT2D eigenvalue weighted by Gasteiger charge is 1.91. The van der Waals surface area contributed by atoms with Crippen molar-refractivity contribution in [2.45, 2.75) is 52.4 Å². The molecule has 0 atom stereocenters. The van der Waals surface area contributed by atoms with Gasteiger partial charge >= 0.3 is 0 Å². The lowest BCUT2D eigenvalue weighted by atomic mass is 10.1. The zero-order valence-electron chi connectivity index (χ0n) is 8.31. The van der Waals surface area contributed by atoms with E-state index >= 15 is 0 Å². The third kappa shape index (κ3) is 7.52. The Bertz CT molecular complexity index is 136. The molecular weight excluding hydrogens is 148 g/mol. The van der Waals surface area contributed by atoms with E-state index < -0.39 is 0 Å². The molecule has 0 aromatic heterocycles. The summed E-state index contributed by atoms with van der Waals surface area (Å²) in [7, 11) is 0. The highest BCUT2D eigenvalue weighted by Crippen LogP contribution is 2.00. The third-order valence-electron chi connectivity index (χ3n) is 1.77. The van der Waals surface area contributed by atoms with E-state index in [0.717, 1.165) is 12.8 Å². The largest absolute Gasteiger partial charge is 0.295 e. The van der Waals surface area contributed by atoms with Gasteiger partial charge in [0.1, 0.15) is 0 Å². The molecule has 0 aromatic carbocycles. The maximum absolute atomic E-state index is 11.0. The SMILES string of the molecule is CCCCC/C=C/C(=O)CCC. The van der Waals surface area contributed by atoms with Crippen molar-refractivity contribution in [2.75, 3.05) is 0 Å². The minimum atomic E-state index is 0.272. The Morgan fingerprint density at radius 3 is 2.50 bits per heavy atom. The first-order chi connectivity index (χ1) is 5.81. The summed E-state index contributed by atoms with van der Waals surface area (Å²) < 4.78 is 0. The molecule has 0 saturated heterocycles. The van der Waals surface area contributed by atoms with E-state index in [1.165, 1.54) is 19.3 Å². The van der Waals surface area contributed by atoms with E-state index in [1.807, 2.05) is 13.0 Å². The molecule has 0 aliphatic carbocycles. The van der Waals surface area contributed by atoms with Crippen LogP contribution in [0.5, 0.6) is 0 Å². The number of hydrogen-bond acceptors (Lipinski definition) is 1. The van der Waals surface area contributed by atoms with Crippen LogP contribution >= 0.6 is 0 Å². The van der Waals surface area contributed by atoms with Crippen molar-refractivity contribution in [1.29, 1.82) is 0 Å². The fourth-order valence-corrected chi connectivity index (χ4v) is 1.06. The van der Waals surface area contributed by atoms with Crippen LogP contribution in [0, 0.1) is 0 Å². The Labute approximate surface area is 75.9 Å². The Balaban J connectivity index is 3.29. The summed E-state index contributed by atoms with van der Waals surface area (Å²) in [5.41, 5.74) is 0. The van der Waals surface area contributed by atoms with Gasteiger partial charge in [-0.05, 0) is 25.3 Å². The van der Waals surface area contributed by atoms with E-state index in [9.17, 15) is 4.79 Å². The molecule has 0 saturated carbocycles. The number of ketones is 1. The molecule has 0 bridgehead atoms. The first-order valence-electron chi connectivity index (χ1n) is 5.00. The van der Waals surface area contributed by atoms with Crippen molar-refractivity contribution in [2.24, 2.45) is 0 Å². The van der Waals surface area contributed by atoms with E-state index in [1.54, 1.807) is 6.08 Å². The molecule has 0 aromatic rings. The normalized spacial score (nSPS) is 10.8. The summed E-state index contributed by atoms with van der Waals surface area (Å²) in [5, 5.41) is 0. The monoisotopic (exact) mass is 168 g/mol. The lowest BCUT2D eigenvalue weighted by Gasteiger charge is -1.91. The molecule has 0 spiro atoms. The predicted molar refractivity (Wildman–Crippen MR) is 53.2 cm³/mol. The van der Waals surface area contributed by atoms with Crippen molar-refractivity contribution in [3.8, 4) is 0 Å². The third-order valence-corrected chi connectivity index (χ3v) is 1.77. The molecule has 70 valence electrons. The molecule has 0 fully saturated rings. The predicted octanol–water partition coefficient (Wildman–Crippen LogP) is 3.49. The quantitative estimate of drug-likeness (QED) is 0.420. The van der Waals surface area contributed by atoms with Crippen LogP contribution in [0.3, 0.4) is 0 Å². The van der Waals surface area contributed by atoms with Crippen LogP contribution in [-0.2, 0) is 4.79 Å². The molecule has 12 heavy (non-hydrogen) atoms. The molecule has 0 radical (unpaired) electrons. The molecule has 0 amide bonds. The molecule has 1 nitrogen and oxygen atoms in total. The second-order valence-corrected chi connectivity index (χ2v) is 3.11. The lowest BCUT2D eigenvalue weighted by Crippen LogP contribution is -1.89. The molecule has 0 aliphatic rings. The van der Waals surface area contributed by atoms with Crippen molar-refractivity contribution in [1.82, 2.24) is 0 Å². The second-order valence-electron chi connectivity index (χ2n) is 3.11. The van der Waals surface area contributed by atoms with Gasteiger partial charge in [-0.1, -0.05) is 32.8 Å². The fourth-order valence-electron chi connectivity index (χ4n) is 1.06. The maximum Gasteiger partial charge on any atom is 0.155 e. The highest BCUT2D eigenvalue weighted by atomic mass is 16.1. The van der Waals surface area contributed by atoms with Gasteiger partial charge in [-0.15, -0.1) is 0 Å². The Kier molecular flexibility index (Phi) is 8.09. The average molecular weight is 168 g/mol. The van der Waals surface area contributed by atoms with Crippen molar-refractivity contribution in [3.63, 3.8) is 0 Å². The molecule has 0 unspecified atom stereocenters. The van der Waals surface area contributed by atoms with Gasteiger partial charge in [0.2, 0.25) is 0 Å². The summed E-state index contributed by atoms with van der Waals surface area (Å²) in [4.78, 5) is 11.0. The average Bonchev–Trinajstić information content (AvgIpc) is 2.05. The minimum absolute atomic E-state index is 0.272. The van der Waals surface area contributed by atoms with Crippen LogP contribution in [-0.4, -0.2) is 5.78 Å². The van der Waals surface area contributed by atoms with E-state index in [-0.39, 0.29) is 5.78 Å². The summed E-state index contributed by atoms with van der Waals surface area (Å²) in [6.45, 7) is 4.22. The zero-order chi connectivity index (χ0) is 9.23. The van der Waals surface area contributed by atoms with Crippen molar-refractivity contribution in [3.05, 3.63) is 12.2 Å². The molecule has 0 rings (SSSR count). The number of allylic oxidation sites excluding steroid dienone is 2. The van der Waals surface area contributed by atoms with Crippen LogP contribution in [0.15, 0.2) is 12.2 Å². The number of unbranched alkanes of at least 4 members (excludes halogenated alkanes) is 3. The second kappa shape index (κ2) is 8.51. The van der Waals surface area contributed by atoms with Crippen LogP contribution < -0.4 is 0 Å². The first kappa shape index (κ1) is 11.4. The Morgan fingerprint density at radius 2 is 1.92 bits per heavy atom. The maximum atomic E-state index is 11.0. The molecular formula is C11H20O. The zero-order valence-corrected chi connectivity index (χ0v) is 8.31. The number of carbonyl (C=O) groups excluding carboxylic acids is 1. The summed E-state index contributed by atoms with van der Waals surface area (Å²) in [6.07, 6.45) is 10.2. The van der Waals surface area contributed by atoms with Gasteiger partial charge in [0, 0.05) is 6.42 Å². The lowest BCUT2D eigenvalue weighted by molar-refractivity contribution is -0.114. The number of carbonyl (C=O) groups is 1. The van der Waals surface area contributed by atoms with Gasteiger partial charge in [-0.3, -0.25) is 4.79 Å². The van der Waals surface area contributed by atoms with E-state index in [2.05, 4.69) is 6.92 Å². The van der Waals surface area contributed by atoms with Crippen LogP contribution in [0.25, 0.3) is 0 Å². The van der Waals surface area contributed by atoms with Crippen molar-refractivity contribution < 1.29 is 4.79 Å². The first-order valence-corrected chi connectivity index (χ1v) is 5.00. The molecule has 0 N–H and O–H groups in total. The molecule has 0 aliphatic heterocycles. The molecule has 1 heteroatoms. The van der Waals surface area contributed by atoms with Gasteiger partial charge in [-0.25, -0.2) is 0 Å². The van der Waals surface area contributed by atoms with Gasteiger partial charge in [0.05, 0.1) is 0 Å². The fraction of sp³-hybridized carbons (Fsp3) is 0.727. The minimum Gasteiger partial charge on any atom is -0.295 e. The highest BCUT2D eigenvalue weighted by molar-refractivity contribution is 5.89. The van der Waals surface area contributed by atoms with E-state index in [0.29, 0.717) is 6.42 Å². The standard InChI is InChI=1S/C11H20O/c1-3-5-6-7-8-10-11(12)9-4-2/h8,10H,3-7,9H2,1-2H3/b10-8+. The van der Waals surface area contributed by atoms with Gasteiger partial charge in [-0.2, -0.15) is 0 Å². The Morgan fingerprint density at radius 1 is 1.17 bits per heavy atom. The topological polar surface area (TPSA) is 17.1 Å². The van der Waals surface area contributed by atoms with Gasteiger partial charge < -0.3 is 0 Å². The van der Waals surface area contributed by atoms with Gasteiger partial charge in [0.25, 0.3) is 0 Å². The van der Waals surface area contributed by atoms with Crippen LogP contribution in [0.2, 0.25) is 0 Å². The number of rotatable bonds is 7. The van der Waals surface area contributed by atoms with Crippen LogP contribution in [0.4, 0.5) is 0 Å². The van der Waals surface area contributed by atoms with Crippen molar-refractivity contribution >= 4 is 5.78 Å². The number of hydrogen-bond donors (Lipinski definition) is 0. The molecule has 0 heterocycles. The Hall–Kier alpha value is -0.590.